The number of thiocarbonyl (C=S) groups is 1. The molecule has 0 bridgehead atoms. The average Bonchev–Trinajstić information content (AvgIpc) is 2.43. The smallest absolute Gasteiger partial charge is 0.168 e. The summed E-state index contributed by atoms with van der Waals surface area (Å²) in [6.07, 6.45) is 3.21. The van der Waals surface area contributed by atoms with Gasteiger partial charge in [0, 0.05) is 30.7 Å². The Morgan fingerprint density at radius 3 is 2.90 bits per heavy atom. The molecule has 0 radical (unpaired) electrons. The van der Waals surface area contributed by atoms with Gasteiger partial charge in [0.15, 0.2) is 5.11 Å². The highest BCUT2D eigenvalue weighted by atomic mass is 35.5. The molecule has 0 amide bonds. The Labute approximate surface area is 136 Å². The van der Waals surface area contributed by atoms with Gasteiger partial charge in [-0.1, -0.05) is 11.6 Å². The maximum absolute atomic E-state index is 6.03. The van der Waals surface area contributed by atoms with Crippen LogP contribution < -0.4 is 10.1 Å². The average molecular weight is 333 g/mol. The highest BCUT2D eigenvalue weighted by Gasteiger charge is 2.09. The van der Waals surface area contributed by atoms with Crippen LogP contribution >= 0.6 is 35.6 Å². The van der Waals surface area contributed by atoms with Crippen molar-refractivity contribution in [1.29, 1.82) is 0 Å². The van der Waals surface area contributed by atoms with Crippen LogP contribution in [-0.2, 0) is 6.54 Å². The van der Waals surface area contributed by atoms with E-state index in [1.807, 2.05) is 41.9 Å². The Kier molecular flexibility index (Phi) is 8.11. The second-order valence-electron chi connectivity index (χ2n) is 4.39. The molecule has 0 saturated heterocycles. The van der Waals surface area contributed by atoms with Gasteiger partial charge < -0.3 is 15.0 Å². The van der Waals surface area contributed by atoms with Crippen LogP contribution in [0.5, 0.6) is 5.75 Å². The number of halogens is 1. The van der Waals surface area contributed by atoms with E-state index < -0.39 is 0 Å². The van der Waals surface area contributed by atoms with Gasteiger partial charge in [0.1, 0.15) is 5.75 Å². The number of benzene rings is 1. The van der Waals surface area contributed by atoms with Crippen LogP contribution in [-0.4, -0.2) is 42.7 Å². The van der Waals surface area contributed by atoms with Crippen LogP contribution in [0.2, 0.25) is 5.02 Å². The van der Waals surface area contributed by atoms with Crippen LogP contribution in [0.25, 0.3) is 0 Å². The van der Waals surface area contributed by atoms with E-state index in [4.69, 9.17) is 28.6 Å². The van der Waals surface area contributed by atoms with Crippen molar-refractivity contribution in [3.63, 3.8) is 0 Å². The summed E-state index contributed by atoms with van der Waals surface area (Å²) in [6, 6.07) is 5.61. The first kappa shape index (κ1) is 17.4. The molecule has 0 fully saturated rings. The summed E-state index contributed by atoms with van der Waals surface area (Å²) in [5.41, 5.74) is 1.02. The zero-order valence-electron chi connectivity index (χ0n) is 12.1. The first-order valence-electron chi connectivity index (χ1n) is 6.38. The van der Waals surface area contributed by atoms with Crippen LogP contribution in [0.1, 0.15) is 12.0 Å². The molecular weight excluding hydrogens is 312 g/mol. The first-order chi connectivity index (χ1) is 9.58. The summed E-state index contributed by atoms with van der Waals surface area (Å²) >= 11 is 13.2. The SMILES string of the molecule is COc1ccc(Cl)cc1CN(C)C(=S)NCCCSC. The second-order valence-corrected chi connectivity index (χ2v) is 6.20. The molecule has 20 heavy (non-hydrogen) atoms. The van der Waals surface area contributed by atoms with E-state index >= 15 is 0 Å². The topological polar surface area (TPSA) is 24.5 Å². The molecule has 1 rings (SSSR count). The summed E-state index contributed by atoms with van der Waals surface area (Å²) in [7, 11) is 3.62. The van der Waals surface area contributed by atoms with Gasteiger partial charge in [0.2, 0.25) is 0 Å². The van der Waals surface area contributed by atoms with Crippen molar-refractivity contribution < 1.29 is 4.74 Å². The Morgan fingerprint density at radius 1 is 1.50 bits per heavy atom. The van der Waals surface area contributed by atoms with Gasteiger partial charge in [0.25, 0.3) is 0 Å². The fourth-order valence-corrected chi connectivity index (χ4v) is 2.54. The van der Waals surface area contributed by atoms with E-state index in [2.05, 4.69) is 11.6 Å². The maximum atomic E-state index is 6.03. The lowest BCUT2D eigenvalue weighted by atomic mass is 10.2. The molecule has 1 aromatic carbocycles. The molecule has 0 spiro atoms. The predicted molar refractivity (Wildman–Crippen MR) is 93.1 cm³/mol. The van der Waals surface area contributed by atoms with Gasteiger partial charge in [-0.05, 0) is 48.8 Å². The number of nitrogens with one attached hydrogen (secondary N) is 1. The summed E-state index contributed by atoms with van der Waals surface area (Å²) in [5.74, 6) is 1.97. The van der Waals surface area contributed by atoms with Crippen molar-refractivity contribution in [2.24, 2.45) is 0 Å². The molecule has 112 valence electrons. The number of thioether (sulfide) groups is 1. The number of nitrogens with zero attached hydrogens (tertiary/aromatic N) is 1. The van der Waals surface area contributed by atoms with Gasteiger partial charge in [-0.2, -0.15) is 11.8 Å². The van der Waals surface area contributed by atoms with E-state index in [0.29, 0.717) is 11.6 Å². The first-order valence-corrected chi connectivity index (χ1v) is 8.56. The minimum Gasteiger partial charge on any atom is -0.496 e. The van der Waals surface area contributed by atoms with Gasteiger partial charge in [0.05, 0.1) is 7.11 Å². The van der Waals surface area contributed by atoms with E-state index in [1.165, 1.54) is 0 Å². The highest BCUT2D eigenvalue weighted by molar-refractivity contribution is 7.98. The van der Waals surface area contributed by atoms with E-state index in [0.717, 1.165) is 35.1 Å². The molecule has 3 nitrogen and oxygen atoms in total. The molecular formula is C14H21ClN2OS2. The molecule has 0 aromatic heterocycles. The fourth-order valence-electron chi connectivity index (χ4n) is 1.74. The van der Waals surface area contributed by atoms with E-state index in [9.17, 15) is 0 Å². The molecule has 0 aliphatic heterocycles. The Hall–Kier alpha value is -0.650. The Morgan fingerprint density at radius 2 is 2.25 bits per heavy atom. The highest BCUT2D eigenvalue weighted by Crippen LogP contribution is 2.23. The fraction of sp³-hybridized carbons (Fsp3) is 0.500. The lowest BCUT2D eigenvalue weighted by Gasteiger charge is -2.22. The minimum absolute atomic E-state index is 0.665. The van der Waals surface area contributed by atoms with Crippen molar-refractivity contribution in [3.05, 3.63) is 28.8 Å². The number of hydrogen-bond donors (Lipinski definition) is 1. The standard InChI is InChI=1S/C14H21ClN2OS2/c1-17(14(19)16-7-4-8-20-3)10-11-9-12(15)5-6-13(11)18-2/h5-6,9H,4,7-8,10H2,1-3H3,(H,16,19). The van der Waals surface area contributed by atoms with Crippen LogP contribution in [0.4, 0.5) is 0 Å². The summed E-state index contributed by atoms with van der Waals surface area (Å²) in [5, 5.41) is 4.71. The third-order valence-corrected chi connectivity index (χ3v) is 4.19. The normalized spacial score (nSPS) is 10.2. The van der Waals surface area contributed by atoms with Crippen LogP contribution in [0.3, 0.4) is 0 Å². The lowest BCUT2D eigenvalue weighted by molar-refractivity contribution is 0.397. The quantitative estimate of drug-likeness (QED) is 0.609. The van der Waals surface area contributed by atoms with E-state index in [1.54, 1.807) is 7.11 Å². The summed E-state index contributed by atoms with van der Waals surface area (Å²) < 4.78 is 5.34. The lowest BCUT2D eigenvalue weighted by Crippen LogP contribution is -2.37. The van der Waals surface area contributed by atoms with Gasteiger partial charge in [-0.15, -0.1) is 0 Å². The van der Waals surface area contributed by atoms with Crippen molar-refractivity contribution in [3.8, 4) is 5.75 Å². The molecule has 0 atom stereocenters. The third kappa shape index (κ3) is 5.77. The van der Waals surface area contributed by atoms with Gasteiger partial charge >= 0.3 is 0 Å². The van der Waals surface area contributed by atoms with Crippen molar-refractivity contribution in [2.75, 3.05) is 32.7 Å². The van der Waals surface area contributed by atoms with Gasteiger partial charge in [-0.3, -0.25) is 0 Å². The Bertz CT molecular complexity index is 443. The summed E-state index contributed by atoms with van der Waals surface area (Å²) in [4.78, 5) is 1.99. The van der Waals surface area contributed by atoms with Crippen LogP contribution in [0, 0.1) is 0 Å². The number of methoxy groups -OCH3 is 1. The molecule has 6 heteroatoms. The van der Waals surface area contributed by atoms with E-state index in [-0.39, 0.29) is 0 Å². The molecule has 1 aromatic rings. The Balaban J connectivity index is 2.54. The summed E-state index contributed by atoms with van der Waals surface area (Å²) in [6.45, 7) is 1.56. The van der Waals surface area contributed by atoms with Crippen molar-refractivity contribution >= 4 is 40.7 Å². The van der Waals surface area contributed by atoms with Gasteiger partial charge in [-0.25, -0.2) is 0 Å². The van der Waals surface area contributed by atoms with Crippen molar-refractivity contribution in [1.82, 2.24) is 10.2 Å². The number of rotatable bonds is 7. The molecule has 0 heterocycles. The monoisotopic (exact) mass is 332 g/mol. The molecule has 0 aliphatic rings. The zero-order chi connectivity index (χ0) is 15.0. The largest absolute Gasteiger partial charge is 0.496 e. The molecule has 1 N–H and O–H groups in total. The maximum Gasteiger partial charge on any atom is 0.168 e. The second kappa shape index (κ2) is 9.32. The third-order valence-electron chi connectivity index (χ3n) is 2.80. The number of hydrogen-bond acceptors (Lipinski definition) is 3. The molecule has 0 aliphatic carbocycles. The predicted octanol–water partition coefficient (Wildman–Crippen LogP) is 3.41. The number of ether oxygens (including phenoxy) is 1. The van der Waals surface area contributed by atoms with Crippen molar-refractivity contribution in [2.45, 2.75) is 13.0 Å². The zero-order valence-corrected chi connectivity index (χ0v) is 14.5. The van der Waals surface area contributed by atoms with Crippen LogP contribution in [0.15, 0.2) is 18.2 Å². The molecule has 0 saturated carbocycles. The minimum atomic E-state index is 0.665. The molecule has 0 unspecified atom stereocenters.